The number of thiophene rings is 1. The van der Waals surface area contributed by atoms with Gasteiger partial charge in [0.15, 0.2) is 10.3 Å². The zero-order valence-corrected chi connectivity index (χ0v) is 18.3. The molecule has 1 amide bonds. The maximum atomic E-state index is 12.6. The summed E-state index contributed by atoms with van der Waals surface area (Å²) in [4.78, 5) is 29.2. The van der Waals surface area contributed by atoms with Gasteiger partial charge in [-0.3, -0.25) is 20.2 Å². The number of nitrogens with zero attached hydrogens (tertiary/aromatic N) is 5. The van der Waals surface area contributed by atoms with Gasteiger partial charge in [0.05, 0.1) is 24.7 Å². The Hall–Kier alpha value is -2.80. The summed E-state index contributed by atoms with van der Waals surface area (Å²) in [5.41, 5.74) is 0.664. The van der Waals surface area contributed by atoms with Crippen LogP contribution in [0.4, 0.5) is 10.8 Å². The molecule has 13 heteroatoms. The average molecular weight is 479 g/mol. The lowest BCUT2D eigenvalue weighted by molar-refractivity contribution is -0.387. The quantitative estimate of drug-likeness (QED) is 0.307. The Morgan fingerprint density at radius 2 is 2.17 bits per heavy atom. The first-order valence-corrected chi connectivity index (χ1v) is 11.1. The third kappa shape index (κ3) is 4.36. The summed E-state index contributed by atoms with van der Waals surface area (Å²) in [7, 11) is 1.74. The fourth-order valence-corrected chi connectivity index (χ4v) is 5.05. The summed E-state index contributed by atoms with van der Waals surface area (Å²) in [5, 5.41) is 24.6. The summed E-state index contributed by atoms with van der Waals surface area (Å²) < 4.78 is 2.30. The number of carbonyl (C=O) groups excluding carboxylic acids is 1. The van der Waals surface area contributed by atoms with Crippen molar-refractivity contribution in [3.05, 3.63) is 62.1 Å². The molecule has 0 atom stereocenters. The number of nitrogens with one attached hydrogen (secondary N) is 1. The Labute approximate surface area is 186 Å². The van der Waals surface area contributed by atoms with Gasteiger partial charge in [0, 0.05) is 24.1 Å². The monoisotopic (exact) mass is 478 g/mol. The van der Waals surface area contributed by atoms with E-state index in [9.17, 15) is 14.9 Å². The number of amides is 1. The molecule has 30 heavy (non-hydrogen) atoms. The van der Waals surface area contributed by atoms with Gasteiger partial charge in [-0.15, -0.1) is 32.9 Å². The van der Waals surface area contributed by atoms with Gasteiger partial charge in [-0.25, -0.2) is 4.98 Å². The molecule has 0 bridgehead atoms. The highest BCUT2D eigenvalue weighted by Crippen LogP contribution is 2.35. The van der Waals surface area contributed by atoms with Crippen molar-refractivity contribution in [3.63, 3.8) is 0 Å². The molecule has 0 spiro atoms. The van der Waals surface area contributed by atoms with Crippen molar-refractivity contribution in [1.29, 1.82) is 0 Å². The van der Waals surface area contributed by atoms with E-state index in [1.54, 1.807) is 23.1 Å². The van der Waals surface area contributed by atoms with Crippen molar-refractivity contribution in [2.24, 2.45) is 7.05 Å². The molecule has 9 nitrogen and oxygen atoms in total. The third-order valence-corrected chi connectivity index (χ3v) is 6.97. The van der Waals surface area contributed by atoms with Crippen LogP contribution in [0.3, 0.4) is 0 Å². The number of benzene rings is 1. The SMILES string of the molecule is Cn1cnnc1Sc1ccc(C(=O)Nc2nc(-c3ccc(Cl)s3)cs2)cc1[N+](=O)[O-]. The van der Waals surface area contributed by atoms with E-state index >= 15 is 0 Å². The van der Waals surface area contributed by atoms with Crippen LogP contribution in [-0.2, 0) is 7.05 Å². The number of aromatic nitrogens is 4. The Balaban J connectivity index is 1.54. The Morgan fingerprint density at radius 1 is 1.33 bits per heavy atom. The normalized spacial score (nSPS) is 10.9. The number of aryl methyl sites for hydroxylation is 1. The highest BCUT2D eigenvalue weighted by atomic mass is 35.5. The van der Waals surface area contributed by atoms with Gasteiger partial charge in [0.2, 0.25) is 0 Å². The van der Waals surface area contributed by atoms with Crippen LogP contribution in [-0.4, -0.2) is 30.6 Å². The predicted molar refractivity (Wildman–Crippen MR) is 117 cm³/mol. The lowest BCUT2D eigenvalue weighted by Gasteiger charge is -2.05. The third-order valence-electron chi connectivity index (χ3n) is 3.84. The molecule has 3 heterocycles. The van der Waals surface area contributed by atoms with Gasteiger partial charge >= 0.3 is 0 Å². The van der Waals surface area contributed by atoms with E-state index in [1.807, 2.05) is 6.07 Å². The average Bonchev–Trinajstić information content (AvgIpc) is 3.44. The molecule has 0 unspecified atom stereocenters. The molecule has 4 rings (SSSR count). The van der Waals surface area contributed by atoms with Crippen molar-refractivity contribution < 1.29 is 9.72 Å². The standard InChI is InChI=1S/C17H11ClN6O3S3/c1-23-8-19-22-17(23)30-13-3-2-9(6-11(13)24(26)27)15(25)21-16-20-10(7-28-16)12-4-5-14(18)29-12/h2-8H,1H3,(H,20,21,25). The molecule has 3 aromatic heterocycles. The predicted octanol–water partition coefficient (Wildman–Crippen LogP) is 4.97. The molecule has 0 aliphatic rings. The molecule has 0 aliphatic carbocycles. The van der Waals surface area contributed by atoms with E-state index in [0.29, 0.717) is 25.2 Å². The van der Waals surface area contributed by atoms with E-state index in [-0.39, 0.29) is 11.3 Å². The van der Waals surface area contributed by atoms with Gasteiger partial charge in [-0.2, -0.15) is 0 Å². The molecule has 4 aromatic rings. The molecule has 0 aliphatic heterocycles. The largest absolute Gasteiger partial charge is 0.311 e. The maximum absolute atomic E-state index is 12.6. The molecule has 0 saturated heterocycles. The summed E-state index contributed by atoms with van der Waals surface area (Å²) in [6.07, 6.45) is 1.50. The van der Waals surface area contributed by atoms with E-state index in [2.05, 4.69) is 20.5 Å². The summed E-state index contributed by atoms with van der Waals surface area (Å²) in [5.74, 6) is -0.488. The van der Waals surface area contributed by atoms with Crippen LogP contribution in [0.15, 0.2) is 52.1 Å². The van der Waals surface area contributed by atoms with Gasteiger partial charge in [0.25, 0.3) is 11.6 Å². The molecular weight excluding hydrogens is 468 g/mol. The number of carbonyl (C=O) groups is 1. The van der Waals surface area contributed by atoms with E-state index < -0.39 is 10.8 Å². The zero-order chi connectivity index (χ0) is 21.3. The fourth-order valence-electron chi connectivity index (χ4n) is 2.42. The van der Waals surface area contributed by atoms with Crippen LogP contribution >= 0.6 is 46.0 Å². The fraction of sp³-hybridized carbons (Fsp3) is 0.0588. The van der Waals surface area contributed by atoms with Crippen molar-refractivity contribution >= 4 is 62.8 Å². The van der Waals surface area contributed by atoms with Crippen LogP contribution in [0.1, 0.15) is 10.4 Å². The smallest absolute Gasteiger partial charge is 0.284 e. The molecule has 1 aromatic carbocycles. The molecule has 0 fully saturated rings. The van der Waals surface area contributed by atoms with Crippen molar-refractivity contribution in [1.82, 2.24) is 19.7 Å². The number of rotatable bonds is 6. The maximum Gasteiger partial charge on any atom is 0.284 e. The number of thiazole rings is 1. The number of nitro benzene ring substituents is 1. The van der Waals surface area contributed by atoms with Crippen molar-refractivity contribution in [2.75, 3.05) is 5.32 Å². The second-order valence-electron chi connectivity index (χ2n) is 5.86. The van der Waals surface area contributed by atoms with E-state index in [4.69, 9.17) is 11.6 Å². The lowest BCUT2D eigenvalue weighted by atomic mass is 10.2. The van der Waals surface area contributed by atoms with Gasteiger partial charge in [-0.1, -0.05) is 11.6 Å². The van der Waals surface area contributed by atoms with Gasteiger partial charge in [0.1, 0.15) is 6.33 Å². The van der Waals surface area contributed by atoms with Crippen LogP contribution in [0.5, 0.6) is 0 Å². The van der Waals surface area contributed by atoms with Gasteiger partial charge in [-0.05, 0) is 36.0 Å². The van der Waals surface area contributed by atoms with Crippen LogP contribution in [0.25, 0.3) is 10.6 Å². The highest BCUT2D eigenvalue weighted by molar-refractivity contribution is 7.99. The van der Waals surface area contributed by atoms with Crippen LogP contribution in [0.2, 0.25) is 4.34 Å². The minimum absolute atomic E-state index is 0.153. The van der Waals surface area contributed by atoms with Crippen molar-refractivity contribution in [2.45, 2.75) is 10.1 Å². The number of nitro groups is 1. The first kappa shape index (κ1) is 20.5. The molecule has 152 valence electrons. The number of hydrogen-bond acceptors (Lipinski definition) is 9. The Bertz CT molecular complexity index is 1250. The second-order valence-corrected chi connectivity index (χ2v) is 9.44. The van der Waals surface area contributed by atoms with Crippen LogP contribution < -0.4 is 5.32 Å². The molecule has 0 saturated carbocycles. The zero-order valence-electron chi connectivity index (χ0n) is 15.1. The van der Waals surface area contributed by atoms with E-state index in [1.165, 1.54) is 47.2 Å². The minimum atomic E-state index is -0.530. The molecule has 1 N–H and O–H groups in total. The Kier molecular flexibility index (Phi) is 5.81. The summed E-state index contributed by atoms with van der Waals surface area (Å²) in [6.45, 7) is 0. The summed E-state index contributed by atoms with van der Waals surface area (Å²) in [6, 6.07) is 7.91. The van der Waals surface area contributed by atoms with Gasteiger partial charge < -0.3 is 4.57 Å². The molecule has 0 radical (unpaired) electrons. The molecular formula is C17H11ClN6O3S3. The number of halogens is 1. The second kappa shape index (κ2) is 8.52. The Morgan fingerprint density at radius 3 is 2.83 bits per heavy atom. The first-order valence-electron chi connectivity index (χ1n) is 8.23. The first-order chi connectivity index (χ1) is 14.4. The van der Waals surface area contributed by atoms with Crippen LogP contribution in [0, 0.1) is 10.1 Å². The number of anilines is 1. The number of hydrogen-bond donors (Lipinski definition) is 1. The highest BCUT2D eigenvalue weighted by Gasteiger charge is 2.20. The summed E-state index contributed by atoms with van der Waals surface area (Å²) >= 11 is 9.69. The topological polar surface area (TPSA) is 116 Å². The van der Waals surface area contributed by atoms with Crippen molar-refractivity contribution in [3.8, 4) is 10.6 Å². The lowest BCUT2D eigenvalue weighted by Crippen LogP contribution is -2.12. The van der Waals surface area contributed by atoms with E-state index in [0.717, 1.165) is 16.6 Å². The minimum Gasteiger partial charge on any atom is -0.311 e.